The van der Waals surface area contributed by atoms with E-state index in [1.807, 2.05) is 13.0 Å². The minimum atomic E-state index is -0.453. The van der Waals surface area contributed by atoms with E-state index in [9.17, 15) is 9.59 Å². The summed E-state index contributed by atoms with van der Waals surface area (Å²) in [7, 11) is 0. The largest absolute Gasteiger partial charge is 0.466 e. The van der Waals surface area contributed by atoms with E-state index in [0.29, 0.717) is 22.8 Å². The fraction of sp³-hybridized carbons (Fsp3) is 0.158. The van der Waals surface area contributed by atoms with Crippen molar-refractivity contribution in [2.45, 2.75) is 20.8 Å². The third-order valence-corrected chi connectivity index (χ3v) is 4.95. The van der Waals surface area contributed by atoms with Gasteiger partial charge in [-0.25, -0.2) is 4.98 Å². The molecule has 8 nitrogen and oxygen atoms in total. The Balaban J connectivity index is 1.46. The molecule has 28 heavy (non-hydrogen) atoms. The number of anilines is 2. The second-order valence-electron chi connectivity index (χ2n) is 6.19. The molecule has 0 fully saturated rings. The van der Waals surface area contributed by atoms with E-state index in [-0.39, 0.29) is 11.7 Å². The Kier molecular flexibility index (Phi) is 4.44. The smallest absolute Gasteiger partial charge is 0.302 e. The van der Waals surface area contributed by atoms with Crippen LogP contribution < -0.4 is 10.6 Å². The minimum absolute atomic E-state index is 0.0463. The summed E-state index contributed by atoms with van der Waals surface area (Å²) in [6, 6.07) is 7.05. The van der Waals surface area contributed by atoms with Crippen LogP contribution in [0.2, 0.25) is 0 Å². The van der Waals surface area contributed by atoms with E-state index in [1.54, 1.807) is 43.4 Å². The Labute approximate surface area is 163 Å². The first-order valence-corrected chi connectivity index (χ1v) is 9.23. The van der Waals surface area contributed by atoms with Gasteiger partial charge in [-0.3, -0.25) is 14.9 Å². The molecule has 3 aromatic heterocycles. The standard InChI is InChI=1S/C19H16N4O4S/c1-9-6-13(10(2)27-9)17(24)23-19-22-15(8-26-19)18(25)21-12-4-5-16-14(7-12)20-11(3)28-16/h4-8H,1-3H3,(H,21,25)(H,22,23,24). The van der Waals surface area contributed by atoms with Crippen LogP contribution in [-0.2, 0) is 0 Å². The number of hydrogen-bond donors (Lipinski definition) is 2. The van der Waals surface area contributed by atoms with Crippen LogP contribution in [0.1, 0.15) is 37.4 Å². The minimum Gasteiger partial charge on any atom is -0.466 e. The third-order valence-electron chi connectivity index (χ3n) is 4.00. The van der Waals surface area contributed by atoms with Crippen LogP contribution in [0.4, 0.5) is 11.7 Å². The lowest BCUT2D eigenvalue weighted by Gasteiger charge is -2.02. The van der Waals surface area contributed by atoms with Gasteiger partial charge in [-0.1, -0.05) is 0 Å². The fourth-order valence-corrected chi connectivity index (χ4v) is 3.58. The lowest BCUT2D eigenvalue weighted by atomic mass is 10.2. The van der Waals surface area contributed by atoms with Crippen molar-refractivity contribution in [3.05, 3.63) is 58.3 Å². The average molecular weight is 396 g/mol. The molecule has 0 radical (unpaired) electrons. The number of carbonyl (C=O) groups is 2. The summed E-state index contributed by atoms with van der Waals surface area (Å²) >= 11 is 1.59. The van der Waals surface area contributed by atoms with E-state index >= 15 is 0 Å². The van der Waals surface area contributed by atoms with Crippen LogP contribution in [-0.4, -0.2) is 21.8 Å². The molecule has 0 atom stereocenters. The van der Waals surface area contributed by atoms with Gasteiger partial charge in [0.2, 0.25) is 0 Å². The Bertz CT molecular complexity index is 1200. The molecule has 0 bridgehead atoms. The highest BCUT2D eigenvalue weighted by molar-refractivity contribution is 7.18. The molecule has 2 amide bonds. The summed E-state index contributed by atoms with van der Waals surface area (Å²) < 4.78 is 11.6. The molecule has 142 valence electrons. The summed E-state index contributed by atoms with van der Waals surface area (Å²) in [4.78, 5) is 33.1. The van der Waals surface area contributed by atoms with Crippen LogP contribution in [0.25, 0.3) is 10.2 Å². The summed E-state index contributed by atoms with van der Waals surface area (Å²) in [6.45, 7) is 5.37. The predicted octanol–water partition coefficient (Wildman–Crippen LogP) is 4.31. The van der Waals surface area contributed by atoms with Crippen LogP contribution in [0.5, 0.6) is 0 Å². The van der Waals surface area contributed by atoms with Gasteiger partial charge in [-0.05, 0) is 45.0 Å². The SMILES string of the molecule is Cc1cc(C(=O)Nc2nc(C(=O)Nc3ccc4sc(C)nc4c3)co2)c(C)o1. The quantitative estimate of drug-likeness (QED) is 0.532. The Morgan fingerprint density at radius 2 is 1.86 bits per heavy atom. The van der Waals surface area contributed by atoms with Crippen molar-refractivity contribution < 1.29 is 18.4 Å². The number of rotatable bonds is 4. The van der Waals surface area contributed by atoms with Crippen molar-refractivity contribution in [2.75, 3.05) is 10.6 Å². The van der Waals surface area contributed by atoms with Gasteiger partial charge in [0.15, 0.2) is 5.69 Å². The normalized spacial score (nSPS) is 11.0. The van der Waals surface area contributed by atoms with Gasteiger partial charge < -0.3 is 14.2 Å². The number of furan rings is 1. The average Bonchev–Trinajstić information content (AvgIpc) is 3.32. The second-order valence-corrected chi connectivity index (χ2v) is 7.42. The van der Waals surface area contributed by atoms with E-state index in [0.717, 1.165) is 15.2 Å². The van der Waals surface area contributed by atoms with Gasteiger partial charge in [0.25, 0.3) is 11.8 Å². The lowest BCUT2D eigenvalue weighted by Crippen LogP contribution is -2.14. The maximum absolute atomic E-state index is 12.4. The van der Waals surface area contributed by atoms with Crippen molar-refractivity contribution in [1.29, 1.82) is 0 Å². The van der Waals surface area contributed by atoms with Gasteiger partial charge in [-0.2, -0.15) is 4.98 Å². The summed E-state index contributed by atoms with van der Waals surface area (Å²) in [5.41, 5.74) is 1.85. The number of benzene rings is 1. The molecule has 0 saturated carbocycles. The molecule has 3 heterocycles. The molecule has 0 aliphatic carbocycles. The van der Waals surface area contributed by atoms with Crippen LogP contribution in [0.15, 0.2) is 39.4 Å². The zero-order valence-electron chi connectivity index (χ0n) is 15.3. The molecule has 0 aliphatic heterocycles. The topological polar surface area (TPSA) is 110 Å². The number of fused-ring (bicyclic) bond motifs is 1. The highest BCUT2D eigenvalue weighted by atomic mass is 32.1. The fourth-order valence-electron chi connectivity index (χ4n) is 2.77. The first kappa shape index (κ1) is 17.9. The number of carbonyl (C=O) groups excluding carboxylic acids is 2. The van der Waals surface area contributed by atoms with Crippen molar-refractivity contribution in [1.82, 2.24) is 9.97 Å². The van der Waals surface area contributed by atoms with Gasteiger partial charge in [0.1, 0.15) is 17.8 Å². The Morgan fingerprint density at radius 1 is 1.04 bits per heavy atom. The van der Waals surface area contributed by atoms with Gasteiger partial charge in [0, 0.05) is 5.69 Å². The van der Waals surface area contributed by atoms with E-state index in [2.05, 4.69) is 20.6 Å². The summed E-state index contributed by atoms with van der Waals surface area (Å²) in [5, 5.41) is 6.22. The van der Waals surface area contributed by atoms with Crippen molar-refractivity contribution in [3.63, 3.8) is 0 Å². The number of aromatic nitrogens is 2. The highest BCUT2D eigenvalue weighted by Gasteiger charge is 2.18. The maximum Gasteiger partial charge on any atom is 0.302 e. The monoisotopic (exact) mass is 396 g/mol. The third kappa shape index (κ3) is 3.52. The maximum atomic E-state index is 12.4. The second kappa shape index (κ2) is 6.93. The molecule has 4 aromatic rings. The van der Waals surface area contributed by atoms with E-state index in [4.69, 9.17) is 8.83 Å². The molecular weight excluding hydrogens is 380 g/mol. The van der Waals surface area contributed by atoms with Gasteiger partial charge in [0.05, 0.1) is 20.8 Å². The van der Waals surface area contributed by atoms with Crippen LogP contribution in [0, 0.1) is 20.8 Å². The lowest BCUT2D eigenvalue weighted by molar-refractivity contribution is 0.101. The molecule has 0 aliphatic rings. The zero-order chi connectivity index (χ0) is 19.8. The van der Waals surface area contributed by atoms with E-state index in [1.165, 1.54) is 6.26 Å². The molecule has 2 N–H and O–H groups in total. The van der Waals surface area contributed by atoms with E-state index < -0.39 is 11.8 Å². The van der Waals surface area contributed by atoms with Crippen molar-refractivity contribution >= 4 is 45.1 Å². The molecule has 4 rings (SSSR count). The van der Waals surface area contributed by atoms with Gasteiger partial charge in [-0.15, -0.1) is 11.3 Å². The number of thiazole rings is 1. The Morgan fingerprint density at radius 3 is 2.61 bits per heavy atom. The number of aryl methyl sites for hydroxylation is 3. The first-order valence-electron chi connectivity index (χ1n) is 8.41. The summed E-state index contributed by atoms with van der Waals surface area (Å²) in [5.74, 6) is 0.244. The van der Waals surface area contributed by atoms with Crippen LogP contribution in [0.3, 0.4) is 0 Å². The highest BCUT2D eigenvalue weighted by Crippen LogP contribution is 2.25. The summed E-state index contributed by atoms with van der Waals surface area (Å²) in [6.07, 6.45) is 1.18. The number of oxazole rings is 1. The molecule has 0 saturated heterocycles. The number of nitrogens with zero attached hydrogens (tertiary/aromatic N) is 2. The zero-order valence-corrected chi connectivity index (χ0v) is 16.1. The molecular formula is C19H16N4O4S. The molecule has 1 aromatic carbocycles. The van der Waals surface area contributed by atoms with Crippen LogP contribution >= 0.6 is 11.3 Å². The first-order chi connectivity index (χ1) is 13.4. The number of amides is 2. The predicted molar refractivity (Wildman–Crippen MR) is 105 cm³/mol. The number of nitrogens with one attached hydrogen (secondary N) is 2. The molecule has 0 unspecified atom stereocenters. The van der Waals surface area contributed by atoms with Crippen molar-refractivity contribution in [3.8, 4) is 0 Å². The Hall–Kier alpha value is -3.46. The van der Waals surface area contributed by atoms with Gasteiger partial charge >= 0.3 is 6.01 Å². The molecule has 0 spiro atoms. The van der Waals surface area contributed by atoms with Crippen molar-refractivity contribution in [2.24, 2.45) is 0 Å². The number of hydrogen-bond acceptors (Lipinski definition) is 7. The molecule has 9 heteroatoms.